The molecule has 1 saturated heterocycles. The number of H-pyrrole nitrogens is 1. The molecule has 3 aromatic rings. The van der Waals surface area contributed by atoms with Crippen molar-refractivity contribution in [3.63, 3.8) is 0 Å². The molecule has 0 spiro atoms. The Hall–Kier alpha value is -3.41. The molecule has 2 N–H and O–H groups in total. The Labute approximate surface area is 174 Å². The number of carbonyl (C=O) groups is 3. The van der Waals surface area contributed by atoms with Gasteiger partial charge in [-0.3, -0.25) is 14.5 Å². The predicted octanol–water partition coefficient (Wildman–Crippen LogP) is 3.39. The lowest BCUT2D eigenvalue weighted by molar-refractivity contribution is -0.127. The van der Waals surface area contributed by atoms with Crippen LogP contribution in [-0.4, -0.2) is 40.2 Å². The zero-order valence-corrected chi connectivity index (χ0v) is 16.6. The summed E-state index contributed by atoms with van der Waals surface area (Å²) in [6.07, 6.45) is 6.59. The van der Waals surface area contributed by atoms with Gasteiger partial charge in [-0.1, -0.05) is 30.3 Å². The Morgan fingerprint density at radius 2 is 1.83 bits per heavy atom. The number of aromatic nitrogens is 1. The van der Waals surface area contributed by atoms with E-state index in [1.807, 2.05) is 48.7 Å². The summed E-state index contributed by atoms with van der Waals surface area (Å²) in [6, 6.07) is 12.4. The van der Waals surface area contributed by atoms with Gasteiger partial charge in [-0.05, 0) is 54.5 Å². The van der Waals surface area contributed by atoms with E-state index in [4.69, 9.17) is 0 Å². The van der Waals surface area contributed by atoms with Gasteiger partial charge in [0.25, 0.3) is 5.91 Å². The molecule has 1 aliphatic heterocycles. The highest BCUT2D eigenvalue weighted by Gasteiger charge is 2.39. The van der Waals surface area contributed by atoms with Gasteiger partial charge in [0.1, 0.15) is 6.04 Å². The van der Waals surface area contributed by atoms with E-state index >= 15 is 0 Å². The molecule has 0 bridgehead atoms. The van der Waals surface area contributed by atoms with Crippen LogP contribution in [0.15, 0.2) is 48.7 Å². The van der Waals surface area contributed by atoms with Gasteiger partial charge in [-0.25, -0.2) is 4.79 Å². The number of para-hydroxylation sites is 1. The Balaban J connectivity index is 1.30. The fourth-order valence-corrected chi connectivity index (χ4v) is 4.53. The maximum atomic E-state index is 12.9. The van der Waals surface area contributed by atoms with Crippen molar-refractivity contribution in [1.82, 2.24) is 15.2 Å². The van der Waals surface area contributed by atoms with Crippen LogP contribution in [0, 0.1) is 0 Å². The standard InChI is InChI=1S/C24H23N3O3/c28-22(17-10-9-15-5-1-2-6-16(15)11-17)14-27-23(29)21(26-24(27)30)12-18-13-25-20-8-4-3-7-19(18)20/h3-4,7-11,13,21,25H,1-2,5-6,12,14H2,(H,26,30)/t21-/m0/s1. The molecule has 1 atom stereocenters. The monoisotopic (exact) mass is 401 g/mol. The minimum atomic E-state index is -0.659. The summed E-state index contributed by atoms with van der Waals surface area (Å²) < 4.78 is 0. The number of aromatic amines is 1. The lowest BCUT2D eigenvalue weighted by atomic mass is 9.90. The molecule has 1 fully saturated rings. The summed E-state index contributed by atoms with van der Waals surface area (Å²) in [6.45, 7) is -0.228. The van der Waals surface area contributed by atoms with E-state index in [1.165, 1.54) is 17.5 Å². The topological polar surface area (TPSA) is 82.3 Å². The quantitative estimate of drug-likeness (QED) is 0.508. The third kappa shape index (κ3) is 3.28. The van der Waals surface area contributed by atoms with E-state index in [-0.39, 0.29) is 18.2 Å². The normalized spacial score (nSPS) is 18.5. The van der Waals surface area contributed by atoms with Crippen LogP contribution in [0.2, 0.25) is 0 Å². The second-order valence-corrected chi connectivity index (χ2v) is 8.10. The molecule has 6 heteroatoms. The van der Waals surface area contributed by atoms with Crippen molar-refractivity contribution in [2.45, 2.75) is 38.1 Å². The first-order chi connectivity index (χ1) is 14.6. The highest BCUT2D eigenvalue weighted by molar-refractivity contribution is 6.09. The fourth-order valence-electron chi connectivity index (χ4n) is 4.53. The number of amides is 3. The SMILES string of the molecule is O=C(CN1C(=O)N[C@@H](Cc2c[nH]c3ccccc23)C1=O)c1ccc2c(c1)CCCC2. The number of carbonyl (C=O) groups excluding carboxylic acids is 3. The second kappa shape index (κ2) is 7.44. The molecule has 6 nitrogen and oxygen atoms in total. The van der Waals surface area contributed by atoms with Gasteiger partial charge in [0.05, 0.1) is 6.54 Å². The lowest BCUT2D eigenvalue weighted by Gasteiger charge is -2.17. The van der Waals surface area contributed by atoms with Crippen molar-refractivity contribution in [3.8, 4) is 0 Å². The Bertz CT molecular complexity index is 1160. The van der Waals surface area contributed by atoms with Crippen LogP contribution in [-0.2, 0) is 24.1 Å². The Morgan fingerprint density at radius 1 is 1.03 bits per heavy atom. The zero-order valence-electron chi connectivity index (χ0n) is 16.6. The molecular weight excluding hydrogens is 378 g/mol. The third-order valence-corrected chi connectivity index (χ3v) is 6.18. The molecule has 5 rings (SSSR count). The molecule has 2 aliphatic rings. The van der Waals surface area contributed by atoms with Crippen LogP contribution in [0.5, 0.6) is 0 Å². The number of hydrogen-bond acceptors (Lipinski definition) is 3. The van der Waals surface area contributed by atoms with Gasteiger partial charge in [-0.15, -0.1) is 0 Å². The number of fused-ring (bicyclic) bond motifs is 2. The van der Waals surface area contributed by atoms with Crippen molar-refractivity contribution in [2.24, 2.45) is 0 Å². The van der Waals surface area contributed by atoms with Crippen molar-refractivity contribution < 1.29 is 14.4 Å². The maximum absolute atomic E-state index is 12.9. The summed E-state index contributed by atoms with van der Waals surface area (Å²) >= 11 is 0. The molecule has 2 heterocycles. The predicted molar refractivity (Wildman–Crippen MR) is 113 cm³/mol. The molecule has 0 unspecified atom stereocenters. The molecule has 3 amide bonds. The number of nitrogens with one attached hydrogen (secondary N) is 2. The lowest BCUT2D eigenvalue weighted by Crippen LogP contribution is -2.36. The summed E-state index contributed by atoms with van der Waals surface area (Å²) in [5, 5.41) is 3.77. The molecule has 0 saturated carbocycles. The van der Waals surface area contributed by atoms with Crippen LogP contribution in [0.25, 0.3) is 10.9 Å². The second-order valence-electron chi connectivity index (χ2n) is 8.10. The van der Waals surface area contributed by atoms with Crippen LogP contribution in [0.1, 0.15) is 39.9 Å². The van der Waals surface area contributed by atoms with Gasteiger partial charge in [0.2, 0.25) is 0 Å². The van der Waals surface area contributed by atoms with Gasteiger partial charge >= 0.3 is 6.03 Å². The number of Topliss-reactive ketones (excluding diaryl/α,β-unsaturated/α-hetero) is 1. The highest BCUT2D eigenvalue weighted by Crippen LogP contribution is 2.24. The Kier molecular flexibility index (Phi) is 4.62. The summed E-state index contributed by atoms with van der Waals surface area (Å²) in [4.78, 5) is 42.3. The first kappa shape index (κ1) is 18.6. The van der Waals surface area contributed by atoms with E-state index in [2.05, 4.69) is 10.3 Å². The van der Waals surface area contributed by atoms with Crippen molar-refractivity contribution in [3.05, 3.63) is 70.9 Å². The van der Waals surface area contributed by atoms with Gasteiger partial charge in [-0.2, -0.15) is 0 Å². The summed E-state index contributed by atoms with van der Waals surface area (Å²) in [7, 11) is 0. The first-order valence-corrected chi connectivity index (χ1v) is 10.4. The number of hydrogen-bond donors (Lipinski definition) is 2. The highest BCUT2D eigenvalue weighted by atomic mass is 16.2. The number of urea groups is 1. The van der Waals surface area contributed by atoms with Crippen LogP contribution >= 0.6 is 0 Å². The van der Waals surface area contributed by atoms with E-state index in [0.717, 1.165) is 40.6 Å². The van der Waals surface area contributed by atoms with Crippen LogP contribution in [0.3, 0.4) is 0 Å². The number of aryl methyl sites for hydroxylation is 2. The Morgan fingerprint density at radius 3 is 2.70 bits per heavy atom. The molecule has 0 radical (unpaired) electrons. The minimum Gasteiger partial charge on any atom is -0.361 e. The maximum Gasteiger partial charge on any atom is 0.325 e. The van der Waals surface area contributed by atoms with Gasteiger partial charge < -0.3 is 10.3 Å². The van der Waals surface area contributed by atoms with Crippen molar-refractivity contribution in [2.75, 3.05) is 6.54 Å². The molecule has 2 aromatic carbocycles. The van der Waals surface area contributed by atoms with Crippen molar-refractivity contribution >= 4 is 28.6 Å². The average Bonchev–Trinajstić information content (AvgIpc) is 3.29. The van der Waals surface area contributed by atoms with E-state index in [0.29, 0.717) is 12.0 Å². The minimum absolute atomic E-state index is 0.209. The number of rotatable bonds is 5. The molecule has 1 aliphatic carbocycles. The van der Waals surface area contributed by atoms with E-state index < -0.39 is 12.1 Å². The molecule has 1 aromatic heterocycles. The number of ketones is 1. The number of benzene rings is 2. The third-order valence-electron chi connectivity index (χ3n) is 6.18. The number of imide groups is 1. The van der Waals surface area contributed by atoms with Crippen molar-refractivity contribution in [1.29, 1.82) is 0 Å². The van der Waals surface area contributed by atoms with E-state index in [1.54, 1.807) is 0 Å². The summed E-state index contributed by atoms with van der Waals surface area (Å²) in [5.41, 5.74) is 5.03. The zero-order chi connectivity index (χ0) is 20.7. The summed E-state index contributed by atoms with van der Waals surface area (Å²) in [5.74, 6) is -0.559. The average molecular weight is 401 g/mol. The van der Waals surface area contributed by atoms with Gasteiger partial charge in [0.15, 0.2) is 5.78 Å². The molecular formula is C24H23N3O3. The van der Waals surface area contributed by atoms with Crippen LogP contribution in [0.4, 0.5) is 4.79 Å². The van der Waals surface area contributed by atoms with Crippen LogP contribution < -0.4 is 5.32 Å². The largest absolute Gasteiger partial charge is 0.361 e. The number of nitrogens with zero attached hydrogens (tertiary/aromatic N) is 1. The fraction of sp³-hybridized carbons (Fsp3) is 0.292. The van der Waals surface area contributed by atoms with E-state index in [9.17, 15) is 14.4 Å². The first-order valence-electron chi connectivity index (χ1n) is 10.4. The smallest absolute Gasteiger partial charge is 0.325 e. The van der Waals surface area contributed by atoms with Gasteiger partial charge in [0, 0.05) is 29.1 Å². The molecule has 30 heavy (non-hydrogen) atoms. The molecule has 152 valence electrons.